The molecule has 10 nitrogen and oxygen atoms in total. The minimum Gasteiger partial charge on any atom is -0.481 e. The molecule has 0 spiro atoms. The van der Waals surface area contributed by atoms with Crippen molar-refractivity contribution in [3.63, 3.8) is 0 Å². The highest BCUT2D eigenvalue weighted by Crippen LogP contribution is 2.18. The predicted molar refractivity (Wildman–Crippen MR) is 135 cm³/mol. The molecule has 0 saturated heterocycles. The van der Waals surface area contributed by atoms with E-state index in [0.717, 1.165) is 11.1 Å². The van der Waals surface area contributed by atoms with Crippen LogP contribution in [0.25, 0.3) is 16.7 Å². The quantitative estimate of drug-likeness (QED) is 0.316. The van der Waals surface area contributed by atoms with Gasteiger partial charge in [-0.05, 0) is 29.3 Å². The molecule has 2 heterocycles. The lowest BCUT2D eigenvalue weighted by atomic mass is 10.1. The summed E-state index contributed by atoms with van der Waals surface area (Å²) < 4.78 is 8.62. The van der Waals surface area contributed by atoms with E-state index in [1.165, 1.54) is 18.0 Å². The molecule has 186 valence electrons. The Kier molecular flexibility index (Phi) is 6.48. The van der Waals surface area contributed by atoms with Crippen LogP contribution < -0.4 is 10.9 Å². The highest BCUT2D eigenvalue weighted by atomic mass is 16.5. The largest absolute Gasteiger partial charge is 0.481 e. The third kappa shape index (κ3) is 4.82. The first-order valence-electron chi connectivity index (χ1n) is 11.5. The zero-order valence-electron chi connectivity index (χ0n) is 19.9. The Labute approximate surface area is 210 Å². The smallest absolute Gasteiger partial charge is 0.307 e. The van der Waals surface area contributed by atoms with Crippen LogP contribution in [0, 0.1) is 0 Å². The van der Waals surface area contributed by atoms with Crippen molar-refractivity contribution >= 4 is 28.6 Å². The van der Waals surface area contributed by atoms with Gasteiger partial charge >= 0.3 is 5.97 Å². The molecule has 0 bridgehead atoms. The summed E-state index contributed by atoms with van der Waals surface area (Å²) in [6.07, 6.45) is 0.786. The maximum Gasteiger partial charge on any atom is 0.307 e. The normalized spacial score (nSPS) is 12.0. The molecule has 0 aliphatic carbocycles. The summed E-state index contributed by atoms with van der Waals surface area (Å²) in [5.74, 6) is -0.946. The fourth-order valence-electron chi connectivity index (χ4n) is 4.25. The zero-order chi connectivity index (χ0) is 25.9. The first-order chi connectivity index (χ1) is 17.9. The number of nitrogens with one attached hydrogen (secondary N) is 1. The Bertz CT molecular complexity index is 1660. The molecular weight excluding hydrogens is 474 g/mol. The number of hydrogen-bond acceptors (Lipinski definition) is 6. The number of hydrogen-bond donors (Lipinski definition) is 2. The standard InChI is InChI=1S/C27H23N5O5/c1-37-25(19-5-3-2-4-6-19)29-24(35)20-11-12-22-21(14-20)26(36)31(27-30-28-16-32(22)27)15-18-9-7-17(8-10-18)13-23(33)34/h2-12,14,16,25H,13,15H2,1H3,(H,29,35)(H,33,34). The molecule has 5 aromatic rings. The van der Waals surface area contributed by atoms with Crippen LogP contribution in [0.4, 0.5) is 0 Å². The van der Waals surface area contributed by atoms with Crippen LogP contribution in [-0.2, 0) is 22.5 Å². The Morgan fingerprint density at radius 3 is 2.46 bits per heavy atom. The van der Waals surface area contributed by atoms with Gasteiger partial charge in [0.05, 0.1) is 23.9 Å². The molecule has 3 aromatic carbocycles. The molecule has 1 atom stereocenters. The molecule has 0 saturated carbocycles. The Morgan fingerprint density at radius 1 is 1.03 bits per heavy atom. The number of amides is 1. The van der Waals surface area contributed by atoms with Crippen LogP contribution in [0.3, 0.4) is 0 Å². The van der Waals surface area contributed by atoms with E-state index in [1.54, 1.807) is 46.9 Å². The maximum atomic E-state index is 13.6. The maximum absolute atomic E-state index is 13.6. The average molecular weight is 498 g/mol. The van der Waals surface area contributed by atoms with Gasteiger partial charge in [-0.1, -0.05) is 54.6 Å². The van der Waals surface area contributed by atoms with Gasteiger partial charge in [-0.15, -0.1) is 10.2 Å². The van der Waals surface area contributed by atoms with Crippen molar-refractivity contribution in [2.75, 3.05) is 7.11 Å². The monoisotopic (exact) mass is 497 g/mol. The number of methoxy groups -OCH3 is 1. The fraction of sp³-hybridized carbons (Fsp3) is 0.148. The van der Waals surface area contributed by atoms with Gasteiger partial charge in [0.1, 0.15) is 6.33 Å². The molecule has 0 aliphatic heterocycles. The van der Waals surface area contributed by atoms with E-state index in [-0.39, 0.29) is 24.4 Å². The van der Waals surface area contributed by atoms with Gasteiger partial charge < -0.3 is 15.2 Å². The predicted octanol–water partition coefficient (Wildman–Crippen LogP) is 2.79. The molecule has 1 amide bonds. The highest BCUT2D eigenvalue weighted by molar-refractivity contribution is 5.98. The number of carboxylic acid groups (broad SMARTS) is 1. The summed E-state index contributed by atoms with van der Waals surface area (Å²) in [7, 11) is 1.51. The average Bonchev–Trinajstić information content (AvgIpc) is 3.40. The summed E-state index contributed by atoms with van der Waals surface area (Å²) in [6, 6.07) is 21.2. The molecule has 0 radical (unpaired) electrons. The van der Waals surface area contributed by atoms with Gasteiger partial charge in [-0.3, -0.25) is 23.4 Å². The number of ether oxygens (including phenoxy) is 1. The van der Waals surface area contributed by atoms with Crippen molar-refractivity contribution in [2.45, 2.75) is 19.2 Å². The molecule has 2 N–H and O–H groups in total. The van der Waals surface area contributed by atoms with Crippen molar-refractivity contribution in [2.24, 2.45) is 0 Å². The van der Waals surface area contributed by atoms with Gasteiger partial charge in [0.25, 0.3) is 11.5 Å². The summed E-state index contributed by atoms with van der Waals surface area (Å²) in [4.78, 5) is 37.6. The van der Waals surface area contributed by atoms with E-state index in [0.29, 0.717) is 27.8 Å². The van der Waals surface area contributed by atoms with Crippen LogP contribution in [0.1, 0.15) is 33.3 Å². The van der Waals surface area contributed by atoms with Crippen molar-refractivity contribution in [3.05, 3.63) is 112 Å². The van der Waals surface area contributed by atoms with Crippen molar-refractivity contribution in [1.82, 2.24) is 24.5 Å². The number of rotatable bonds is 8. The van der Waals surface area contributed by atoms with Gasteiger partial charge in [-0.2, -0.15) is 0 Å². The van der Waals surface area contributed by atoms with E-state index >= 15 is 0 Å². The third-order valence-corrected chi connectivity index (χ3v) is 6.08. The molecule has 2 aromatic heterocycles. The molecule has 5 rings (SSSR count). The number of benzene rings is 3. The second-order valence-corrected chi connectivity index (χ2v) is 8.51. The van der Waals surface area contributed by atoms with Gasteiger partial charge in [0, 0.05) is 18.2 Å². The molecule has 0 fully saturated rings. The molecule has 37 heavy (non-hydrogen) atoms. The van der Waals surface area contributed by atoms with E-state index in [2.05, 4.69) is 15.5 Å². The number of nitrogens with zero attached hydrogens (tertiary/aromatic N) is 4. The SMILES string of the molecule is COC(NC(=O)c1ccc2c(c1)c(=O)n(Cc1ccc(CC(=O)O)cc1)c1nncn21)c1ccccc1. The topological polar surface area (TPSA) is 128 Å². The van der Waals surface area contributed by atoms with E-state index in [1.807, 2.05) is 30.3 Å². The minimum absolute atomic E-state index is 0.0797. The number of aromatic nitrogens is 4. The van der Waals surface area contributed by atoms with Crippen LogP contribution in [0.5, 0.6) is 0 Å². The summed E-state index contributed by atoms with van der Waals surface area (Å²) in [6.45, 7) is 0.195. The number of fused-ring (bicyclic) bond motifs is 3. The first kappa shape index (κ1) is 23.9. The Morgan fingerprint density at radius 2 is 1.76 bits per heavy atom. The number of aliphatic carboxylic acids is 1. The van der Waals surface area contributed by atoms with E-state index < -0.39 is 12.2 Å². The number of carbonyl (C=O) groups is 2. The third-order valence-electron chi connectivity index (χ3n) is 6.08. The lowest BCUT2D eigenvalue weighted by molar-refractivity contribution is -0.136. The summed E-state index contributed by atoms with van der Waals surface area (Å²) in [5.41, 5.74) is 2.80. The number of carboxylic acids is 1. The lowest BCUT2D eigenvalue weighted by Crippen LogP contribution is -2.30. The molecule has 0 aliphatic rings. The second kappa shape index (κ2) is 10.0. The van der Waals surface area contributed by atoms with Gasteiger partial charge in [0.15, 0.2) is 6.23 Å². The molecule has 10 heteroatoms. The van der Waals surface area contributed by atoms with E-state index in [9.17, 15) is 14.4 Å². The first-order valence-corrected chi connectivity index (χ1v) is 11.5. The summed E-state index contributed by atoms with van der Waals surface area (Å²) in [5, 5.41) is 20.3. The second-order valence-electron chi connectivity index (χ2n) is 8.51. The van der Waals surface area contributed by atoms with Gasteiger partial charge in [-0.25, -0.2) is 0 Å². The molecular formula is C27H23N5O5. The Hall–Kier alpha value is -4.83. The molecule has 1 unspecified atom stereocenters. The van der Waals surface area contributed by atoms with Crippen molar-refractivity contribution in [3.8, 4) is 0 Å². The fourth-order valence-corrected chi connectivity index (χ4v) is 4.25. The van der Waals surface area contributed by atoms with E-state index in [4.69, 9.17) is 9.84 Å². The van der Waals surface area contributed by atoms with Crippen LogP contribution in [0.15, 0.2) is 83.9 Å². The van der Waals surface area contributed by atoms with Crippen molar-refractivity contribution in [1.29, 1.82) is 0 Å². The van der Waals surface area contributed by atoms with Gasteiger partial charge in [0.2, 0.25) is 5.78 Å². The lowest BCUT2D eigenvalue weighted by Gasteiger charge is -2.18. The van der Waals surface area contributed by atoms with Crippen LogP contribution >= 0.6 is 0 Å². The van der Waals surface area contributed by atoms with Crippen LogP contribution in [-0.4, -0.2) is 43.3 Å². The van der Waals surface area contributed by atoms with Crippen LogP contribution in [0.2, 0.25) is 0 Å². The number of carbonyl (C=O) groups excluding carboxylic acids is 1. The minimum atomic E-state index is -0.913. The van der Waals surface area contributed by atoms with Crippen molar-refractivity contribution < 1.29 is 19.4 Å². The Balaban J connectivity index is 1.50. The summed E-state index contributed by atoms with van der Waals surface area (Å²) >= 11 is 0. The highest BCUT2D eigenvalue weighted by Gasteiger charge is 2.18. The zero-order valence-corrected chi connectivity index (χ0v) is 19.9.